The van der Waals surface area contributed by atoms with Gasteiger partial charge >= 0.3 is 0 Å². The first-order chi connectivity index (χ1) is 7.54. The minimum atomic E-state index is -0.581. The van der Waals surface area contributed by atoms with Crippen LogP contribution in [0.25, 0.3) is 0 Å². The lowest BCUT2D eigenvalue weighted by Crippen LogP contribution is -2.29. The molecule has 0 aliphatic heterocycles. The average Bonchev–Trinajstić information content (AvgIpc) is 2.25. The minimum absolute atomic E-state index is 0.248. The predicted molar refractivity (Wildman–Crippen MR) is 59.1 cm³/mol. The van der Waals surface area contributed by atoms with Crippen LogP contribution in [0.1, 0.15) is 31.9 Å². The smallest absolute Gasteiger partial charge is 0.130 e. The topological polar surface area (TPSA) is 32.3 Å². The highest BCUT2D eigenvalue weighted by Crippen LogP contribution is 2.17. The van der Waals surface area contributed by atoms with Crippen molar-refractivity contribution >= 4 is 0 Å². The molecule has 4 heteroatoms. The number of hydrogen-bond acceptors (Lipinski definition) is 2. The van der Waals surface area contributed by atoms with Crippen LogP contribution in [-0.2, 0) is 0 Å². The monoisotopic (exact) mass is 229 g/mol. The Balaban J connectivity index is 2.62. The summed E-state index contributed by atoms with van der Waals surface area (Å²) in [4.78, 5) is 0. The van der Waals surface area contributed by atoms with Gasteiger partial charge in [-0.3, -0.25) is 0 Å². The molecule has 0 aliphatic carbocycles. The molecule has 16 heavy (non-hydrogen) atoms. The fraction of sp³-hybridized carbons (Fsp3) is 0.500. The van der Waals surface area contributed by atoms with Crippen molar-refractivity contribution in [3.63, 3.8) is 0 Å². The Kier molecular flexibility index (Phi) is 4.83. The third kappa shape index (κ3) is 3.54. The number of hydrogen-bond donors (Lipinski definition) is 2. The Bertz CT molecular complexity index is 344. The minimum Gasteiger partial charge on any atom is -0.392 e. The first kappa shape index (κ1) is 13.1. The molecule has 0 heterocycles. The summed E-state index contributed by atoms with van der Waals surface area (Å²) >= 11 is 0. The van der Waals surface area contributed by atoms with Crippen LogP contribution < -0.4 is 5.32 Å². The number of nitrogens with one attached hydrogen (secondary N) is 1. The number of rotatable bonds is 5. The zero-order chi connectivity index (χ0) is 12.1. The van der Waals surface area contributed by atoms with E-state index in [0.717, 1.165) is 6.07 Å². The summed E-state index contributed by atoms with van der Waals surface area (Å²) < 4.78 is 26.0. The third-order valence-electron chi connectivity index (χ3n) is 2.56. The Morgan fingerprint density at radius 3 is 2.62 bits per heavy atom. The van der Waals surface area contributed by atoms with E-state index in [4.69, 9.17) is 0 Å². The number of aliphatic hydroxyl groups is 1. The molecule has 1 aromatic rings. The number of benzene rings is 1. The van der Waals surface area contributed by atoms with E-state index in [1.165, 1.54) is 12.1 Å². The molecule has 1 rings (SSSR count). The summed E-state index contributed by atoms with van der Waals surface area (Å²) in [5.41, 5.74) is 0.407. The van der Waals surface area contributed by atoms with Crippen LogP contribution in [0.3, 0.4) is 0 Å². The van der Waals surface area contributed by atoms with E-state index in [9.17, 15) is 13.9 Å². The molecule has 0 amide bonds. The highest BCUT2D eigenvalue weighted by atomic mass is 19.1. The van der Waals surface area contributed by atoms with Gasteiger partial charge < -0.3 is 10.4 Å². The molecule has 0 unspecified atom stereocenters. The summed E-state index contributed by atoms with van der Waals surface area (Å²) in [6.45, 7) is 4.04. The summed E-state index contributed by atoms with van der Waals surface area (Å²) in [7, 11) is 0. The second-order valence-electron chi connectivity index (χ2n) is 3.86. The van der Waals surface area contributed by atoms with Crippen LogP contribution in [0.4, 0.5) is 8.78 Å². The van der Waals surface area contributed by atoms with Crippen LogP contribution in [-0.4, -0.2) is 17.8 Å². The molecule has 0 fully saturated rings. The molecule has 0 aromatic heterocycles. The lowest BCUT2D eigenvalue weighted by Gasteiger charge is -2.17. The summed E-state index contributed by atoms with van der Waals surface area (Å²) in [5.74, 6) is -1.15. The van der Waals surface area contributed by atoms with Crippen LogP contribution in [0.2, 0.25) is 0 Å². The standard InChI is InChI=1S/C12H17F2NO/c1-3-10(16)7-15-8(2)11-5-4-9(13)6-12(11)14/h4-6,8,10,15-16H,3,7H2,1-2H3/t8-,10-/m1/s1. The normalized spacial score (nSPS) is 14.8. The molecule has 90 valence electrons. The summed E-state index contributed by atoms with van der Waals surface area (Å²) in [6, 6.07) is 3.26. The van der Waals surface area contributed by atoms with Gasteiger partial charge in [0.1, 0.15) is 11.6 Å². The van der Waals surface area contributed by atoms with E-state index in [-0.39, 0.29) is 6.04 Å². The molecule has 0 spiro atoms. The maximum absolute atomic E-state index is 13.4. The van der Waals surface area contributed by atoms with E-state index in [0.29, 0.717) is 18.5 Å². The van der Waals surface area contributed by atoms with Crippen molar-refractivity contribution in [3.8, 4) is 0 Å². The molecule has 0 saturated heterocycles. The summed E-state index contributed by atoms with van der Waals surface area (Å²) in [6.07, 6.45) is 0.206. The summed E-state index contributed by atoms with van der Waals surface area (Å²) in [5, 5.41) is 12.3. The van der Waals surface area contributed by atoms with E-state index >= 15 is 0 Å². The van der Waals surface area contributed by atoms with Crippen molar-refractivity contribution in [2.75, 3.05) is 6.54 Å². The predicted octanol–water partition coefficient (Wildman–Crippen LogP) is 2.39. The van der Waals surface area contributed by atoms with Gasteiger partial charge in [0.05, 0.1) is 6.10 Å². The quantitative estimate of drug-likeness (QED) is 0.812. The van der Waals surface area contributed by atoms with Crippen LogP contribution >= 0.6 is 0 Å². The highest BCUT2D eigenvalue weighted by Gasteiger charge is 2.12. The molecule has 2 atom stereocenters. The van der Waals surface area contributed by atoms with Crippen molar-refractivity contribution in [1.29, 1.82) is 0 Å². The molecular formula is C12H17F2NO. The Morgan fingerprint density at radius 2 is 2.06 bits per heavy atom. The van der Waals surface area contributed by atoms with E-state index in [1.54, 1.807) is 6.92 Å². The maximum Gasteiger partial charge on any atom is 0.130 e. The Labute approximate surface area is 94.3 Å². The van der Waals surface area contributed by atoms with E-state index < -0.39 is 17.7 Å². The van der Waals surface area contributed by atoms with Crippen molar-refractivity contribution < 1.29 is 13.9 Å². The van der Waals surface area contributed by atoms with Gasteiger partial charge in [-0.15, -0.1) is 0 Å². The lowest BCUT2D eigenvalue weighted by atomic mass is 10.1. The van der Waals surface area contributed by atoms with Gasteiger partial charge in [-0.1, -0.05) is 13.0 Å². The zero-order valence-corrected chi connectivity index (χ0v) is 9.50. The van der Waals surface area contributed by atoms with E-state index in [1.807, 2.05) is 6.92 Å². The molecule has 1 aromatic carbocycles. The van der Waals surface area contributed by atoms with Crippen molar-refractivity contribution in [1.82, 2.24) is 5.32 Å². The number of aliphatic hydroxyl groups excluding tert-OH is 1. The fourth-order valence-corrected chi connectivity index (χ4v) is 1.42. The van der Waals surface area contributed by atoms with Crippen molar-refractivity contribution in [3.05, 3.63) is 35.4 Å². The van der Waals surface area contributed by atoms with Crippen LogP contribution in [0.5, 0.6) is 0 Å². The van der Waals surface area contributed by atoms with Crippen molar-refractivity contribution in [2.45, 2.75) is 32.4 Å². The maximum atomic E-state index is 13.4. The fourth-order valence-electron chi connectivity index (χ4n) is 1.42. The van der Waals surface area contributed by atoms with E-state index in [2.05, 4.69) is 5.32 Å². The van der Waals surface area contributed by atoms with Gasteiger partial charge in [0.25, 0.3) is 0 Å². The Hall–Kier alpha value is -1.00. The van der Waals surface area contributed by atoms with Gasteiger partial charge in [-0.25, -0.2) is 8.78 Å². The first-order valence-corrected chi connectivity index (χ1v) is 5.41. The molecule has 0 bridgehead atoms. The SMILES string of the molecule is CC[C@@H](O)CN[C@H](C)c1ccc(F)cc1F. The molecule has 0 saturated carbocycles. The van der Waals surface area contributed by atoms with Crippen LogP contribution in [0, 0.1) is 11.6 Å². The average molecular weight is 229 g/mol. The zero-order valence-electron chi connectivity index (χ0n) is 9.50. The van der Waals surface area contributed by atoms with Gasteiger partial charge in [0.2, 0.25) is 0 Å². The number of halogens is 2. The lowest BCUT2D eigenvalue weighted by molar-refractivity contribution is 0.163. The Morgan fingerprint density at radius 1 is 1.38 bits per heavy atom. The van der Waals surface area contributed by atoms with Crippen LogP contribution in [0.15, 0.2) is 18.2 Å². The first-order valence-electron chi connectivity index (χ1n) is 5.41. The highest BCUT2D eigenvalue weighted by molar-refractivity contribution is 5.21. The van der Waals surface area contributed by atoms with Crippen molar-refractivity contribution in [2.24, 2.45) is 0 Å². The molecule has 2 N–H and O–H groups in total. The van der Waals surface area contributed by atoms with Gasteiger partial charge in [-0.2, -0.15) is 0 Å². The third-order valence-corrected chi connectivity index (χ3v) is 2.56. The molecular weight excluding hydrogens is 212 g/mol. The largest absolute Gasteiger partial charge is 0.392 e. The van der Waals surface area contributed by atoms with Gasteiger partial charge in [0, 0.05) is 24.2 Å². The van der Waals surface area contributed by atoms with Gasteiger partial charge in [-0.05, 0) is 19.4 Å². The second-order valence-corrected chi connectivity index (χ2v) is 3.86. The molecule has 0 aliphatic rings. The molecule has 2 nitrogen and oxygen atoms in total. The molecule has 0 radical (unpaired) electrons. The second kappa shape index (κ2) is 5.92. The van der Waals surface area contributed by atoms with Gasteiger partial charge in [0.15, 0.2) is 0 Å².